The molecule has 0 radical (unpaired) electrons. The molecule has 2 heterocycles. The smallest absolute Gasteiger partial charge is 0.263 e. The zero-order valence-corrected chi connectivity index (χ0v) is 19.5. The third-order valence-electron chi connectivity index (χ3n) is 5.64. The van der Waals surface area contributed by atoms with Gasteiger partial charge in [-0.05, 0) is 35.9 Å². The molecule has 4 rings (SSSR count). The van der Waals surface area contributed by atoms with E-state index in [4.69, 9.17) is 13.8 Å². The highest BCUT2D eigenvalue weighted by Gasteiger charge is 2.65. The Bertz CT molecular complexity index is 755. The molecule has 0 N–H and O–H groups in total. The van der Waals surface area contributed by atoms with E-state index in [1.807, 2.05) is 5.23 Å². The number of hydroxylamine groups is 2. The highest BCUT2D eigenvalue weighted by atomic mass is 28.4. The van der Waals surface area contributed by atoms with Gasteiger partial charge in [0.05, 0.1) is 18.8 Å². The van der Waals surface area contributed by atoms with Gasteiger partial charge >= 0.3 is 0 Å². The van der Waals surface area contributed by atoms with Crippen molar-refractivity contribution in [2.75, 3.05) is 6.61 Å². The van der Waals surface area contributed by atoms with Gasteiger partial charge < -0.3 is 8.95 Å². The second kappa shape index (κ2) is 7.52. The molecule has 4 nitrogen and oxygen atoms in total. The van der Waals surface area contributed by atoms with Crippen LogP contribution in [0.4, 0.5) is 0 Å². The van der Waals surface area contributed by atoms with Crippen molar-refractivity contribution in [2.24, 2.45) is 5.92 Å². The lowest BCUT2D eigenvalue weighted by Crippen LogP contribution is -2.62. The fourth-order valence-corrected chi connectivity index (χ4v) is 10.2. The first-order chi connectivity index (χ1) is 13.3. The first kappa shape index (κ1) is 20.0. The number of nitrogens with zero attached hydrogens (tertiary/aromatic N) is 1. The molecule has 0 amide bonds. The van der Waals surface area contributed by atoms with E-state index in [0.29, 0.717) is 18.1 Å². The van der Waals surface area contributed by atoms with Crippen molar-refractivity contribution in [3.63, 3.8) is 0 Å². The van der Waals surface area contributed by atoms with Crippen LogP contribution in [0.25, 0.3) is 0 Å². The largest absolute Gasteiger partial charge is 0.403 e. The Hall–Kier alpha value is -1.29. The molecule has 2 aromatic carbocycles. The highest BCUT2D eigenvalue weighted by molar-refractivity contribution is 6.99. The molecular formula is C22H31NO3Si2. The summed E-state index contributed by atoms with van der Waals surface area (Å²) in [6.07, 6.45) is 0.0796. The maximum Gasteiger partial charge on any atom is 0.263 e. The third-order valence-corrected chi connectivity index (χ3v) is 11.0. The molecule has 2 saturated heterocycles. The molecule has 2 aliphatic rings. The predicted octanol–water partition coefficient (Wildman–Crippen LogP) is 3.55. The molecule has 0 aliphatic carbocycles. The van der Waals surface area contributed by atoms with Crippen molar-refractivity contribution in [1.29, 1.82) is 0 Å². The topological polar surface area (TPSA) is 30.9 Å². The summed E-state index contributed by atoms with van der Waals surface area (Å²) in [5, 5.41) is 4.46. The number of hydrogen-bond acceptors (Lipinski definition) is 4. The van der Waals surface area contributed by atoms with Crippen molar-refractivity contribution in [1.82, 2.24) is 5.23 Å². The van der Waals surface area contributed by atoms with E-state index in [0.717, 1.165) is 0 Å². The van der Waals surface area contributed by atoms with E-state index in [2.05, 4.69) is 94.2 Å². The van der Waals surface area contributed by atoms with Gasteiger partial charge in [-0.1, -0.05) is 79.7 Å². The molecule has 0 spiro atoms. The fraction of sp³-hybridized carbons (Fsp3) is 0.455. The van der Waals surface area contributed by atoms with Crippen LogP contribution < -0.4 is 10.4 Å². The van der Waals surface area contributed by atoms with E-state index in [9.17, 15) is 0 Å². The van der Waals surface area contributed by atoms with E-state index < -0.39 is 16.6 Å². The molecule has 0 bridgehead atoms. The van der Waals surface area contributed by atoms with Crippen LogP contribution >= 0.6 is 0 Å². The predicted molar refractivity (Wildman–Crippen MR) is 117 cm³/mol. The summed E-state index contributed by atoms with van der Waals surface area (Å²) in [5.74, 6) is 0.378. The second-order valence-corrected chi connectivity index (χ2v) is 17.2. The van der Waals surface area contributed by atoms with Crippen molar-refractivity contribution in [3.8, 4) is 0 Å². The van der Waals surface area contributed by atoms with E-state index in [-0.39, 0.29) is 12.1 Å². The van der Waals surface area contributed by atoms with Crippen molar-refractivity contribution >= 4 is 27.0 Å². The summed E-state index contributed by atoms with van der Waals surface area (Å²) < 4.78 is 13.5. The quantitative estimate of drug-likeness (QED) is 0.702. The molecule has 28 heavy (non-hydrogen) atoms. The Morgan fingerprint density at radius 2 is 1.50 bits per heavy atom. The van der Waals surface area contributed by atoms with Crippen LogP contribution in [-0.4, -0.2) is 40.6 Å². The number of hydrogen-bond donors (Lipinski definition) is 0. The Labute approximate surface area is 170 Å². The SMILES string of the molecule is CC(C)[C@H]1O[Si](c2ccccc2)(c2ccccc2)[C@@H]2CON(O[Si](C)(C)C)[C@H]12. The molecule has 150 valence electrons. The van der Waals surface area contributed by atoms with Crippen LogP contribution in [0.3, 0.4) is 0 Å². The van der Waals surface area contributed by atoms with Crippen molar-refractivity contribution in [3.05, 3.63) is 60.7 Å². The Morgan fingerprint density at radius 1 is 0.964 bits per heavy atom. The van der Waals surface area contributed by atoms with Gasteiger partial charge in [-0.3, -0.25) is 4.84 Å². The first-order valence-corrected chi connectivity index (χ1v) is 15.6. The van der Waals surface area contributed by atoms with Gasteiger partial charge in [0.25, 0.3) is 8.32 Å². The minimum Gasteiger partial charge on any atom is -0.403 e. The summed E-state index contributed by atoms with van der Waals surface area (Å²) in [6, 6.07) is 21.7. The highest BCUT2D eigenvalue weighted by Crippen LogP contribution is 2.47. The average Bonchev–Trinajstić information content (AvgIpc) is 3.22. The Morgan fingerprint density at radius 3 is 1.96 bits per heavy atom. The van der Waals surface area contributed by atoms with Gasteiger partial charge in [0.1, 0.15) is 0 Å². The lowest BCUT2D eigenvalue weighted by molar-refractivity contribution is -0.319. The van der Waals surface area contributed by atoms with Crippen LogP contribution in [0.1, 0.15) is 13.8 Å². The molecule has 0 saturated carbocycles. The van der Waals surface area contributed by atoms with Gasteiger partial charge in [-0.15, -0.1) is 0 Å². The van der Waals surface area contributed by atoms with Crippen LogP contribution in [0.15, 0.2) is 60.7 Å². The third kappa shape index (κ3) is 3.42. The molecule has 6 heteroatoms. The molecule has 2 aliphatic heterocycles. The minimum atomic E-state index is -2.49. The average molecular weight is 414 g/mol. The second-order valence-electron chi connectivity index (χ2n) is 9.18. The summed E-state index contributed by atoms with van der Waals surface area (Å²) in [7, 11) is -4.28. The van der Waals surface area contributed by atoms with E-state index in [1.165, 1.54) is 10.4 Å². The minimum absolute atomic E-state index is 0.0796. The maximum atomic E-state index is 7.15. The first-order valence-electron chi connectivity index (χ1n) is 10.2. The standard InChI is InChI=1S/C22H31NO3Si2/c1-17(2)22-21-20(16-24-23(21)26-27(3,4)5)28(25-22,18-12-8-6-9-13-18)19-14-10-7-11-15-19/h6-15,17,20-22H,16H2,1-5H3/t20-,21+,22-/m1/s1. The molecule has 0 unspecified atom stereocenters. The van der Waals surface area contributed by atoms with Gasteiger partial charge in [-0.2, -0.15) is 0 Å². The van der Waals surface area contributed by atoms with Gasteiger partial charge in [0.15, 0.2) is 0 Å². The molecule has 0 aromatic heterocycles. The normalized spacial score (nSPS) is 27.3. The van der Waals surface area contributed by atoms with Crippen LogP contribution in [-0.2, 0) is 13.8 Å². The Kier molecular flexibility index (Phi) is 5.37. The monoisotopic (exact) mass is 413 g/mol. The fourth-order valence-electron chi connectivity index (χ4n) is 4.55. The summed E-state index contributed by atoms with van der Waals surface area (Å²) in [6.45, 7) is 11.7. The molecule has 3 atom stereocenters. The summed E-state index contributed by atoms with van der Waals surface area (Å²) in [5.41, 5.74) is 0.293. The summed E-state index contributed by atoms with van der Waals surface area (Å²) in [4.78, 5) is 6.18. The van der Waals surface area contributed by atoms with Crippen molar-refractivity contribution < 1.29 is 13.8 Å². The number of rotatable bonds is 5. The molecular weight excluding hydrogens is 382 g/mol. The van der Waals surface area contributed by atoms with Crippen LogP contribution in [0, 0.1) is 5.92 Å². The Balaban J connectivity index is 1.84. The van der Waals surface area contributed by atoms with Crippen molar-refractivity contribution in [2.45, 2.75) is 51.2 Å². The van der Waals surface area contributed by atoms with Gasteiger partial charge in [0, 0.05) is 5.54 Å². The van der Waals surface area contributed by atoms with Crippen LogP contribution in [0.5, 0.6) is 0 Å². The van der Waals surface area contributed by atoms with Gasteiger partial charge in [-0.25, -0.2) is 0 Å². The number of fused-ring (bicyclic) bond motifs is 1. The zero-order chi connectivity index (χ0) is 19.9. The van der Waals surface area contributed by atoms with Gasteiger partial charge in [0.2, 0.25) is 8.32 Å². The van der Waals surface area contributed by atoms with E-state index in [1.54, 1.807) is 0 Å². The van der Waals surface area contributed by atoms with E-state index >= 15 is 0 Å². The molecule has 2 fully saturated rings. The van der Waals surface area contributed by atoms with Crippen LogP contribution in [0.2, 0.25) is 25.2 Å². The lowest BCUT2D eigenvalue weighted by atomic mass is 9.98. The molecule has 2 aromatic rings. The lowest BCUT2D eigenvalue weighted by Gasteiger charge is -2.33. The zero-order valence-electron chi connectivity index (χ0n) is 17.5. The summed E-state index contributed by atoms with van der Waals surface area (Å²) >= 11 is 0. The maximum absolute atomic E-state index is 7.15. The number of benzene rings is 2.